The summed E-state index contributed by atoms with van der Waals surface area (Å²) in [6, 6.07) is 6.80. The van der Waals surface area contributed by atoms with Crippen LogP contribution in [0.25, 0.3) is 11.4 Å². The van der Waals surface area contributed by atoms with Gasteiger partial charge in [0.25, 0.3) is 0 Å². The van der Waals surface area contributed by atoms with Gasteiger partial charge in [-0.1, -0.05) is 35.0 Å². The van der Waals surface area contributed by atoms with Crippen molar-refractivity contribution in [3.8, 4) is 17.1 Å². The first-order valence-electron chi connectivity index (χ1n) is 7.78. The summed E-state index contributed by atoms with van der Waals surface area (Å²) in [7, 11) is 1.87. The van der Waals surface area contributed by atoms with Crippen LogP contribution in [0.5, 0.6) is 5.75 Å². The molecule has 138 valence electrons. The van der Waals surface area contributed by atoms with Crippen LogP contribution in [-0.2, 0) is 7.05 Å². The number of aliphatic hydroxyl groups excluding tert-OH is 1. The van der Waals surface area contributed by atoms with Crippen molar-refractivity contribution in [2.24, 2.45) is 7.05 Å². The molecule has 0 fully saturated rings. The first kappa shape index (κ1) is 19.1. The van der Waals surface area contributed by atoms with E-state index in [-0.39, 0.29) is 6.61 Å². The summed E-state index contributed by atoms with van der Waals surface area (Å²) in [4.78, 5) is 0. The van der Waals surface area contributed by atoms with Crippen LogP contribution in [-0.4, -0.2) is 38.3 Å². The molecule has 0 saturated heterocycles. The van der Waals surface area contributed by atoms with E-state index in [1.165, 1.54) is 11.8 Å². The number of thioether (sulfide) groups is 1. The maximum Gasteiger partial charge on any atom is 0.191 e. The quantitative estimate of drug-likeness (QED) is 0.584. The number of ether oxygens (including phenoxy) is 1. The average molecular weight is 414 g/mol. The fraction of sp³-hybridized carbons (Fsp3) is 0.294. The van der Waals surface area contributed by atoms with Crippen LogP contribution in [0.4, 0.5) is 0 Å². The van der Waals surface area contributed by atoms with Crippen LogP contribution in [0.2, 0.25) is 10.0 Å². The highest BCUT2D eigenvalue weighted by Crippen LogP contribution is 2.29. The maximum atomic E-state index is 10.2. The second-order valence-corrected chi connectivity index (χ2v) is 7.44. The molecule has 0 amide bonds. The van der Waals surface area contributed by atoms with Crippen molar-refractivity contribution in [3.63, 3.8) is 0 Å². The van der Waals surface area contributed by atoms with Crippen LogP contribution in [0, 0.1) is 6.92 Å². The van der Waals surface area contributed by atoms with Gasteiger partial charge in [-0.15, -0.1) is 10.2 Å². The Morgan fingerprint density at radius 3 is 2.85 bits per heavy atom. The van der Waals surface area contributed by atoms with Gasteiger partial charge in [-0.2, -0.15) is 0 Å². The fourth-order valence-electron chi connectivity index (χ4n) is 2.28. The Labute approximate surface area is 165 Å². The molecule has 2 aromatic heterocycles. The second-order valence-electron chi connectivity index (χ2n) is 5.61. The van der Waals surface area contributed by atoms with Crippen LogP contribution in [0.1, 0.15) is 5.76 Å². The molecule has 0 unspecified atom stereocenters. The summed E-state index contributed by atoms with van der Waals surface area (Å²) in [6.45, 7) is 1.97. The van der Waals surface area contributed by atoms with E-state index in [1.54, 1.807) is 24.5 Å². The molecule has 0 radical (unpaired) electrons. The predicted octanol–water partition coefficient (Wildman–Crippen LogP) is 4.22. The third-order valence-corrected chi connectivity index (χ3v) is 5.38. The number of halogens is 2. The van der Waals surface area contributed by atoms with Gasteiger partial charge in [0.1, 0.15) is 18.1 Å². The molecule has 0 bridgehead atoms. The molecule has 6 nitrogen and oxygen atoms in total. The highest BCUT2D eigenvalue weighted by atomic mass is 35.5. The third kappa shape index (κ3) is 4.35. The van der Waals surface area contributed by atoms with E-state index in [1.807, 2.05) is 24.6 Å². The zero-order valence-corrected chi connectivity index (χ0v) is 16.5. The maximum absolute atomic E-state index is 10.2. The number of aryl methyl sites for hydroxylation is 1. The normalized spacial score (nSPS) is 12.3. The number of hydrogen-bond donors (Lipinski definition) is 1. The van der Waals surface area contributed by atoms with Gasteiger partial charge in [0, 0.05) is 23.9 Å². The fourth-order valence-corrected chi connectivity index (χ4v) is 3.44. The lowest BCUT2D eigenvalue weighted by Gasteiger charge is -2.13. The lowest BCUT2D eigenvalue weighted by molar-refractivity contribution is 0.126. The standard InChI is InChI=1S/C17H17Cl2N3O3S/c1-10-13(5-6-24-10)16-20-21-17(22(16)2)26-9-12(23)8-25-15-7-11(18)3-4-14(15)19/h3-7,12,23H,8-9H2,1-2H3/t12-/m0/s1. The molecular weight excluding hydrogens is 397 g/mol. The molecule has 0 aliphatic carbocycles. The van der Waals surface area contributed by atoms with Crippen LogP contribution in [0.3, 0.4) is 0 Å². The van der Waals surface area contributed by atoms with Crippen LogP contribution < -0.4 is 4.74 Å². The summed E-state index contributed by atoms with van der Waals surface area (Å²) in [5.41, 5.74) is 0.895. The summed E-state index contributed by atoms with van der Waals surface area (Å²) in [5.74, 6) is 2.34. The predicted molar refractivity (Wildman–Crippen MR) is 102 cm³/mol. The van der Waals surface area contributed by atoms with E-state index in [4.69, 9.17) is 32.4 Å². The van der Waals surface area contributed by atoms with Crippen molar-refractivity contribution in [1.82, 2.24) is 14.8 Å². The number of benzene rings is 1. The number of nitrogens with zero attached hydrogens (tertiary/aromatic N) is 3. The SMILES string of the molecule is Cc1occc1-c1nnc(SC[C@@H](O)COc2cc(Cl)ccc2Cl)n1C. The Bertz CT molecular complexity index is 897. The number of aromatic nitrogens is 3. The van der Waals surface area contributed by atoms with Crippen molar-refractivity contribution in [1.29, 1.82) is 0 Å². The van der Waals surface area contributed by atoms with Crippen molar-refractivity contribution in [2.45, 2.75) is 18.2 Å². The molecule has 1 N–H and O–H groups in total. The highest BCUT2D eigenvalue weighted by molar-refractivity contribution is 7.99. The minimum absolute atomic E-state index is 0.0958. The van der Waals surface area contributed by atoms with E-state index < -0.39 is 6.10 Å². The van der Waals surface area contributed by atoms with Crippen LogP contribution in [0.15, 0.2) is 40.1 Å². The van der Waals surface area contributed by atoms with Gasteiger partial charge >= 0.3 is 0 Å². The van der Waals surface area contributed by atoms with E-state index >= 15 is 0 Å². The van der Waals surface area contributed by atoms with Crippen molar-refractivity contribution in [2.75, 3.05) is 12.4 Å². The topological polar surface area (TPSA) is 73.3 Å². The number of hydrogen-bond acceptors (Lipinski definition) is 6. The van der Waals surface area contributed by atoms with Gasteiger partial charge in [0.2, 0.25) is 0 Å². The molecule has 3 rings (SSSR count). The summed E-state index contributed by atoms with van der Waals surface area (Å²) in [5, 5.41) is 20.2. The lowest BCUT2D eigenvalue weighted by atomic mass is 10.2. The monoisotopic (exact) mass is 413 g/mol. The molecule has 1 aromatic carbocycles. The number of furan rings is 1. The number of aliphatic hydroxyl groups is 1. The van der Waals surface area contributed by atoms with Crippen molar-refractivity contribution in [3.05, 3.63) is 46.3 Å². The molecule has 9 heteroatoms. The Morgan fingerprint density at radius 2 is 2.12 bits per heavy atom. The molecular formula is C17H17Cl2N3O3S. The van der Waals surface area contributed by atoms with Gasteiger partial charge in [-0.25, -0.2) is 0 Å². The number of rotatable bonds is 7. The molecule has 26 heavy (non-hydrogen) atoms. The molecule has 1 atom stereocenters. The third-order valence-electron chi connectivity index (χ3n) is 3.66. The Balaban J connectivity index is 1.57. The van der Waals surface area contributed by atoms with Crippen molar-refractivity contribution >= 4 is 35.0 Å². The first-order chi connectivity index (χ1) is 12.5. The summed E-state index contributed by atoms with van der Waals surface area (Å²) in [6.07, 6.45) is 0.916. The van der Waals surface area contributed by atoms with E-state index in [9.17, 15) is 5.11 Å². The minimum Gasteiger partial charge on any atom is -0.489 e. The van der Waals surface area contributed by atoms with Gasteiger partial charge in [0.15, 0.2) is 11.0 Å². The minimum atomic E-state index is -0.703. The summed E-state index contributed by atoms with van der Waals surface area (Å²) < 4.78 is 12.7. The molecule has 2 heterocycles. The Kier molecular flexibility index (Phi) is 6.13. The Hall–Kier alpha value is -1.67. The van der Waals surface area contributed by atoms with Gasteiger partial charge in [-0.3, -0.25) is 0 Å². The zero-order chi connectivity index (χ0) is 18.7. The largest absolute Gasteiger partial charge is 0.489 e. The molecule has 0 aliphatic heterocycles. The van der Waals surface area contributed by atoms with Gasteiger partial charge < -0.3 is 18.8 Å². The Morgan fingerprint density at radius 1 is 1.31 bits per heavy atom. The highest BCUT2D eigenvalue weighted by Gasteiger charge is 2.16. The average Bonchev–Trinajstić information content (AvgIpc) is 3.19. The smallest absolute Gasteiger partial charge is 0.191 e. The first-order valence-corrected chi connectivity index (χ1v) is 9.52. The van der Waals surface area contributed by atoms with Crippen molar-refractivity contribution < 1.29 is 14.3 Å². The molecule has 0 spiro atoms. The molecule has 0 saturated carbocycles. The molecule has 3 aromatic rings. The summed E-state index contributed by atoms with van der Waals surface area (Å²) >= 11 is 13.3. The van der Waals surface area contributed by atoms with Crippen LogP contribution >= 0.6 is 35.0 Å². The van der Waals surface area contributed by atoms with Gasteiger partial charge in [-0.05, 0) is 25.1 Å². The van der Waals surface area contributed by atoms with Gasteiger partial charge in [0.05, 0.1) is 23.0 Å². The van der Waals surface area contributed by atoms with E-state index in [0.29, 0.717) is 26.7 Å². The molecule has 0 aliphatic rings. The zero-order valence-electron chi connectivity index (χ0n) is 14.1. The van der Waals surface area contributed by atoms with E-state index in [0.717, 1.165) is 17.1 Å². The van der Waals surface area contributed by atoms with E-state index in [2.05, 4.69) is 10.2 Å². The second kappa shape index (κ2) is 8.35. The lowest BCUT2D eigenvalue weighted by Crippen LogP contribution is -2.20.